The number of methoxy groups -OCH3 is 2. The van der Waals surface area contributed by atoms with Crippen molar-refractivity contribution in [3.63, 3.8) is 0 Å². The number of carbonyl (C=O) groups is 2. The summed E-state index contributed by atoms with van der Waals surface area (Å²) >= 11 is 0. The van der Waals surface area contributed by atoms with Crippen LogP contribution in [0.4, 0.5) is 0 Å². The second-order valence-electron chi connectivity index (χ2n) is 5.58. The van der Waals surface area contributed by atoms with E-state index in [4.69, 9.17) is 9.47 Å². The van der Waals surface area contributed by atoms with Crippen LogP contribution in [0.1, 0.15) is 23.2 Å². The van der Waals surface area contributed by atoms with E-state index in [0.29, 0.717) is 30.7 Å². The Morgan fingerprint density at radius 3 is 2.50 bits per heavy atom. The van der Waals surface area contributed by atoms with Crippen molar-refractivity contribution >= 4 is 11.9 Å². The Morgan fingerprint density at radius 2 is 1.95 bits per heavy atom. The van der Waals surface area contributed by atoms with Crippen molar-refractivity contribution in [2.24, 2.45) is 5.41 Å². The van der Waals surface area contributed by atoms with E-state index in [-0.39, 0.29) is 19.1 Å². The van der Waals surface area contributed by atoms with Crippen molar-refractivity contribution in [1.29, 1.82) is 0 Å². The van der Waals surface area contributed by atoms with Crippen LogP contribution < -0.4 is 4.74 Å². The number of carboxylic acid groups (broad SMARTS) is 1. The Morgan fingerprint density at radius 1 is 1.27 bits per heavy atom. The Hall–Kier alpha value is -2.08. The van der Waals surface area contributed by atoms with Crippen molar-refractivity contribution in [3.8, 4) is 5.75 Å². The number of hydrogen-bond acceptors (Lipinski definition) is 4. The first-order chi connectivity index (χ1) is 10.5. The van der Waals surface area contributed by atoms with Crippen LogP contribution in [0, 0.1) is 5.41 Å². The minimum Gasteiger partial charge on any atom is -0.497 e. The molecule has 1 aliphatic rings. The number of carbonyl (C=O) groups excluding carboxylic acids is 1. The highest BCUT2D eigenvalue weighted by atomic mass is 16.5. The zero-order valence-electron chi connectivity index (χ0n) is 12.9. The molecule has 1 atom stereocenters. The minimum atomic E-state index is -1.02. The summed E-state index contributed by atoms with van der Waals surface area (Å²) < 4.78 is 10.1. The van der Waals surface area contributed by atoms with E-state index in [1.54, 1.807) is 36.3 Å². The summed E-state index contributed by atoms with van der Waals surface area (Å²) in [7, 11) is 3.04. The van der Waals surface area contributed by atoms with Gasteiger partial charge in [0, 0.05) is 25.8 Å². The predicted octanol–water partition coefficient (Wildman–Crippen LogP) is 1.65. The quantitative estimate of drug-likeness (QED) is 0.895. The van der Waals surface area contributed by atoms with Crippen LogP contribution in [0.5, 0.6) is 5.75 Å². The van der Waals surface area contributed by atoms with Crippen LogP contribution in [-0.4, -0.2) is 55.8 Å². The van der Waals surface area contributed by atoms with Gasteiger partial charge < -0.3 is 19.5 Å². The normalized spacial score (nSPS) is 21.5. The molecule has 2 rings (SSSR count). The molecule has 0 bridgehead atoms. The number of amides is 1. The van der Waals surface area contributed by atoms with Gasteiger partial charge in [0.1, 0.15) is 11.2 Å². The van der Waals surface area contributed by atoms with Gasteiger partial charge in [-0.25, -0.2) is 0 Å². The summed E-state index contributed by atoms with van der Waals surface area (Å²) in [6, 6.07) is 6.82. The SMILES string of the molecule is COCC1(C(=O)O)CCCN(C(=O)c2ccc(OC)cc2)C1. The number of aliphatic carboxylic acids is 1. The number of likely N-dealkylation sites (tertiary alicyclic amines) is 1. The highest BCUT2D eigenvalue weighted by molar-refractivity contribution is 5.94. The van der Waals surface area contributed by atoms with Crippen molar-refractivity contribution in [2.45, 2.75) is 12.8 Å². The Kier molecular flexibility index (Phi) is 5.03. The first-order valence-electron chi connectivity index (χ1n) is 7.18. The van der Waals surface area contributed by atoms with E-state index < -0.39 is 11.4 Å². The van der Waals surface area contributed by atoms with Crippen molar-refractivity contribution in [1.82, 2.24) is 4.90 Å². The molecule has 1 saturated heterocycles. The Bertz CT molecular complexity index is 538. The van der Waals surface area contributed by atoms with Gasteiger partial charge in [0.15, 0.2) is 0 Å². The Labute approximate surface area is 129 Å². The van der Waals surface area contributed by atoms with Crippen LogP contribution in [0.3, 0.4) is 0 Å². The number of nitrogens with zero attached hydrogens (tertiary/aromatic N) is 1. The van der Waals surface area contributed by atoms with E-state index >= 15 is 0 Å². The van der Waals surface area contributed by atoms with Crippen molar-refractivity contribution in [3.05, 3.63) is 29.8 Å². The van der Waals surface area contributed by atoms with Gasteiger partial charge in [-0.1, -0.05) is 0 Å². The standard InChI is InChI=1S/C16H21NO5/c1-21-11-16(15(19)20)8-3-9-17(10-16)14(18)12-4-6-13(22-2)7-5-12/h4-7H,3,8-11H2,1-2H3,(H,19,20). The molecule has 1 unspecified atom stereocenters. The lowest BCUT2D eigenvalue weighted by Crippen LogP contribution is -2.52. The molecule has 0 radical (unpaired) electrons. The third kappa shape index (κ3) is 3.22. The summed E-state index contributed by atoms with van der Waals surface area (Å²) in [5, 5.41) is 9.52. The lowest BCUT2D eigenvalue weighted by atomic mass is 9.80. The highest BCUT2D eigenvalue weighted by Gasteiger charge is 2.43. The lowest BCUT2D eigenvalue weighted by Gasteiger charge is -2.39. The number of rotatable bonds is 5. The molecule has 1 fully saturated rings. The van der Waals surface area contributed by atoms with E-state index in [2.05, 4.69) is 0 Å². The number of carboxylic acids is 1. The van der Waals surface area contributed by atoms with Gasteiger partial charge in [-0.2, -0.15) is 0 Å². The van der Waals surface area contributed by atoms with Gasteiger partial charge in [-0.3, -0.25) is 9.59 Å². The molecular weight excluding hydrogens is 286 g/mol. The van der Waals surface area contributed by atoms with Crippen molar-refractivity contribution < 1.29 is 24.2 Å². The van der Waals surface area contributed by atoms with Crippen LogP contribution in [0.15, 0.2) is 24.3 Å². The van der Waals surface area contributed by atoms with Gasteiger partial charge in [0.05, 0.1) is 13.7 Å². The molecule has 1 N–H and O–H groups in total. The first-order valence-corrected chi connectivity index (χ1v) is 7.18. The first kappa shape index (κ1) is 16.3. The monoisotopic (exact) mass is 307 g/mol. The van der Waals surface area contributed by atoms with E-state index in [1.165, 1.54) is 7.11 Å². The molecule has 1 amide bonds. The van der Waals surface area contributed by atoms with Gasteiger partial charge in [-0.15, -0.1) is 0 Å². The zero-order chi connectivity index (χ0) is 16.2. The molecule has 1 aromatic carbocycles. The summed E-state index contributed by atoms with van der Waals surface area (Å²) in [5.41, 5.74) is -0.491. The molecule has 120 valence electrons. The van der Waals surface area contributed by atoms with Crippen LogP contribution >= 0.6 is 0 Å². The van der Waals surface area contributed by atoms with Gasteiger partial charge in [0.25, 0.3) is 5.91 Å². The topological polar surface area (TPSA) is 76.1 Å². The highest BCUT2D eigenvalue weighted by Crippen LogP contribution is 2.31. The van der Waals surface area contributed by atoms with E-state index in [9.17, 15) is 14.7 Å². The molecule has 6 heteroatoms. The molecule has 1 aromatic rings. The summed E-state index contributed by atoms with van der Waals surface area (Å²) in [5.74, 6) is -0.403. The third-order valence-corrected chi connectivity index (χ3v) is 4.08. The molecule has 0 aromatic heterocycles. The maximum atomic E-state index is 12.6. The third-order valence-electron chi connectivity index (χ3n) is 4.08. The van der Waals surface area contributed by atoms with E-state index in [0.717, 1.165) is 0 Å². The van der Waals surface area contributed by atoms with Gasteiger partial charge in [0.2, 0.25) is 0 Å². The second kappa shape index (κ2) is 6.79. The number of piperidine rings is 1. The fraction of sp³-hybridized carbons (Fsp3) is 0.500. The fourth-order valence-corrected chi connectivity index (χ4v) is 2.85. The fourth-order valence-electron chi connectivity index (χ4n) is 2.85. The van der Waals surface area contributed by atoms with Crippen molar-refractivity contribution in [2.75, 3.05) is 33.9 Å². The maximum absolute atomic E-state index is 12.6. The zero-order valence-corrected chi connectivity index (χ0v) is 12.9. The average molecular weight is 307 g/mol. The summed E-state index contributed by atoms with van der Waals surface area (Å²) in [6.07, 6.45) is 1.17. The molecule has 22 heavy (non-hydrogen) atoms. The maximum Gasteiger partial charge on any atom is 0.313 e. The molecule has 0 aliphatic carbocycles. The van der Waals surface area contributed by atoms with Crippen LogP contribution in [0.2, 0.25) is 0 Å². The van der Waals surface area contributed by atoms with Crippen LogP contribution in [-0.2, 0) is 9.53 Å². The predicted molar refractivity (Wildman–Crippen MR) is 80.1 cm³/mol. The number of hydrogen-bond donors (Lipinski definition) is 1. The lowest BCUT2D eigenvalue weighted by molar-refractivity contribution is -0.155. The second-order valence-corrected chi connectivity index (χ2v) is 5.58. The summed E-state index contributed by atoms with van der Waals surface area (Å²) in [4.78, 5) is 25.8. The Balaban J connectivity index is 2.16. The molecular formula is C16H21NO5. The van der Waals surface area contributed by atoms with E-state index in [1.807, 2.05) is 0 Å². The number of ether oxygens (including phenoxy) is 2. The van der Waals surface area contributed by atoms with Gasteiger partial charge >= 0.3 is 5.97 Å². The number of benzene rings is 1. The minimum absolute atomic E-state index is 0.106. The molecule has 1 aliphatic heterocycles. The van der Waals surface area contributed by atoms with Gasteiger partial charge in [-0.05, 0) is 37.1 Å². The molecule has 1 heterocycles. The average Bonchev–Trinajstić information content (AvgIpc) is 2.54. The van der Waals surface area contributed by atoms with Crippen LogP contribution in [0.25, 0.3) is 0 Å². The molecule has 6 nitrogen and oxygen atoms in total. The molecule has 0 spiro atoms. The summed E-state index contributed by atoms with van der Waals surface area (Å²) in [6.45, 7) is 0.833. The molecule has 0 saturated carbocycles. The smallest absolute Gasteiger partial charge is 0.313 e. The largest absolute Gasteiger partial charge is 0.497 e.